The van der Waals surface area contributed by atoms with Crippen LogP contribution in [0.15, 0.2) is 18.2 Å². The Morgan fingerprint density at radius 1 is 1.19 bits per heavy atom. The quantitative estimate of drug-likeness (QED) is 0.683. The predicted octanol–water partition coefficient (Wildman–Crippen LogP) is 4.67. The van der Waals surface area contributed by atoms with Gasteiger partial charge in [-0.15, -0.1) is 0 Å². The number of thiocarbonyl (C=S) groups is 1. The van der Waals surface area contributed by atoms with Crippen molar-refractivity contribution in [3.8, 4) is 5.75 Å². The molecule has 1 aromatic heterocycles. The molecule has 2 aliphatic rings. The van der Waals surface area contributed by atoms with E-state index in [1.165, 1.54) is 12.8 Å². The molecule has 2 fully saturated rings. The number of aryl methyl sites for hydroxylation is 2. The number of ether oxygens (including phenoxy) is 1. The third-order valence-corrected chi connectivity index (χ3v) is 6.95. The van der Waals surface area contributed by atoms with E-state index < -0.39 is 0 Å². The molecule has 0 unspecified atom stereocenters. The van der Waals surface area contributed by atoms with Crippen LogP contribution in [0.2, 0.25) is 0 Å². The van der Waals surface area contributed by atoms with Crippen LogP contribution < -0.4 is 4.74 Å². The summed E-state index contributed by atoms with van der Waals surface area (Å²) in [7, 11) is 0. The van der Waals surface area contributed by atoms with Crippen molar-refractivity contribution in [2.75, 3.05) is 6.54 Å². The van der Waals surface area contributed by atoms with Gasteiger partial charge < -0.3 is 9.64 Å². The summed E-state index contributed by atoms with van der Waals surface area (Å²) in [6.45, 7) is 12.1. The molecular formula is C21H27N3OS. The molecule has 1 aliphatic carbocycles. The minimum absolute atomic E-state index is 0.367. The summed E-state index contributed by atoms with van der Waals surface area (Å²) in [6.07, 6.45) is 2.41. The highest BCUT2D eigenvalue weighted by atomic mass is 32.1. The Hall–Kier alpha value is -1.75. The molecule has 0 radical (unpaired) electrons. The summed E-state index contributed by atoms with van der Waals surface area (Å²) < 4.78 is 6.08. The second-order valence-electron chi connectivity index (χ2n) is 8.70. The zero-order valence-corrected chi connectivity index (χ0v) is 17.1. The van der Waals surface area contributed by atoms with Crippen LogP contribution in [0.4, 0.5) is 0 Å². The minimum Gasteiger partial charge on any atom is -0.432 e. The van der Waals surface area contributed by atoms with Gasteiger partial charge in [-0.1, -0.05) is 20.8 Å². The Morgan fingerprint density at radius 2 is 1.88 bits per heavy atom. The van der Waals surface area contributed by atoms with Crippen LogP contribution >= 0.6 is 12.2 Å². The van der Waals surface area contributed by atoms with Gasteiger partial charge in [0.2, 0.25) is 0 Å². The summed E-state index contributed by atoms with van der Waals surface area (Å²) >= 11 is 5.67. The second kappa shape index (κ2) is 6.15. The molecule has 26 heavy (non-hydrogen) atoms. The van der Waals surface area contributed by atoms with E-state index in [0.717, 1.165) is 34.7 Å². The van der Waals surface area contributed by atoms with Gasteiger partial charge in [-0.3, -0.25) is 0 Å². The molecule has 5 heteroatoms. The molecule has 2 bridgehead atoms. The molecule has 138 valence electrons. The molecule has 2 aromatic rings. The van der Waals surface area contributed by atoms with Gasteiger partial charge in [0.15, 0.2) is 0 Å². The van der Waals surface area contributed by atoms with Crippen molar-refractivity contribution in [2.24, 2.45) is 17.3 Å². The van der Waals surface area contributed by atoms with Crippen molar-refractivity contribution in [2.45, 2.75) is 53.5 Å². The van der Waals surface area contributed by atoms with E-state index >= 15 is 0 Å². The normalized spacial score (nSPS) is 27.0. The molecule has 1 aliphatic heterocycles. The molecule has 0 N–H and O–H groups in total. The van der Waals surface area contributed by atoms with Crippen LogP contribution in [0.5, 0.6) is 5.75 Å². The molecule has 1 saturated heterocycles. The Balaban J connectivity index is 1.54. The van der Waals surface area contributed by atoms with Crippen molar-refractivity contribution in [1.29, 1.82) is 0 Å². The lowest BCUT2D eigenvalue weighted by atomic mass is 9.65. The van der Waals surface area contributed by atoms with Gasteiger partial charge in [-0.05, 0) is 68.3 Å². The van der Waals surface area contributed by atoms with Gasteiger partial charge in [0.1, 0.15) is 5.75 Å². The van der Waals surface area contributed by atoms with Crippen LogP contribution in [0.1, 0.15) is 45.0 Å². The number of aromatic nitrogens is 2. The fourth-order valence-corrected chi connectivity index (χ4v) is 4.92. The predicted molar refractivity (Wildman–Crippen MR) is 108 cm³/mol. The number of fused-ring (bicyclic) bond motifs is 3. The third kappa shape index (κ3) is 2.96. The monoisotopic (exact) mass is 369 g/mol. The molecule has 0 spiro atoms. The first kappa shape index (κ1) is 17.7. The number of hydrogen-bond donors (Lipinski definition) is 0. The first-order valence-electron chi connectivity index (χ1n) is 9.48. The number of likely N-dealkylation sites (tertiary alicyclic amines) is 1. The number of hydrogen-bond acceptors (Lipinski definition) is 4. The van der Waals surface area contributed by atoms with E-state index in [1.807, 2.05) is 32.0 Å². The fraction of sp³-hybridized carbons (Fsp3) is 0.571. The lowest BCUT2D eigenvalue weighted by Crippen LogP contribution is -2.40. The summed E-state index contributed by atoms with van der Waals surface area (Å²) in [4.78, 5) is 11.5. The van der Waals surface area contributed by atoms with Crippen molar-refractivity contribution in [3.63, 3.8) is 0 Å². The first-order chi connectivity index (χ1) is 12.2. The maximum atomic E-state index is 6.08. The highest BCUT2D eigenvalue weighted by molar-refractivity contribution is 7.80. The largest absolute Gasteiger partial charge is 0.432 e. The Labute approximate surface area is 161 Å². The van der Waals surface area contributed by atoms with Crippen LogP contribution in [-0.2, 0) is 0 Å². The molecule has 0 amide bonds. The number of nitrogens with zero attached hydrogens (tertiary/aromatic N) is 3. The Kier molecular flexibility index (Phi) is 4.18. The summed E-state index contributed by atoms with van der Waals surface area (Å²) in [5.74, 6) is 2.17. The van der Waals surface area contributed by atoms with Gasteiger partial charge in [0.05, 0.1) is 22.4 Å². The lowest BCUT2D eigenvalue weighted by Gasteiger charge is -2.40. The average molecular weight is 370 g/mol. The van der Waals surface area contributed by atoms with Crippen LogP contribution in [0.3, 0.4) is 0 Å². The van der Waals surface area contributed by atoms with Crippen molar-refractivity contribution in [1.82, 2.24) is 14.9 Å². The Morgan fingerprint density at radius 3 is 2.62 bits per heavy atom. The van der Waals surface area contributed by atoms with Crippen LogP contribution in [-0.4, -0.2) is 32.6 Å². The van der Waals surface area contributed by atoms with Gasteiger partial charge in [-0.2, -0.15) is 0 Å². The van der Waals surface area contributed by atoms with Gasteiger partial charge in [0, 0.05) is 18.7 Å². The number of benzene rings is 1. The maximum absolute atomic E-state index is 6.08. The highest BCUT2D eigenvalue weighted by Crippen LogP contribution is 2.49. The maximum Gasteiger partial charge on any atom is 0.265 e. The summed E-state index contributed by atoms with van der Waals surface area (Å²) in [5.41, 5.74) is 4.01. The molecule has 3 atom stereocenters. The molecule has 2 heterocycles. The lowest BCUT2D eigenvalue weighted by molar-refractivity contribution is 0.106. The zero-order chi connectivity index (χ0) is 18.6. The average Bonchev–Trinajstić information content (AvgIpc) is 2.94. The van der Waals surface area contributed by atoms with Gasteiger partial charge in [-0.25, -0.2) is 9.97 Å². The zero-order valence-electron chi connectivity index (χ0n) is 16.2. The van der Waals surface area contributed by atoms with E-state index in [0.29, 0.717) is 28.5 Å². The van der Waals surface area contributed by atoms with E-state index in [1.54, 1.807) is 0 Å². The molecule has 1 saturated carbocycles. The summed E-state index contributed by atoms with van der Waals surface area (Å²) in [6, 6.07) is 6.34. The highest BCUT2D eigenvalue weighted by Gasteiger charge is 2.48. The van der Waals surface area contributed by atoms with Gasteiger partial charge >= 0.3 is 0 Å². The topological polar surface area (TPSA) is 38.2 Å². The molecular weight excluding hydrogens is 342 g/mol. The number of rotatable bonds is 1. The van der Waals surface area contributed by atoms with Gasteiger partial charge in [0.25, 0.3) is 5.17 Å². The smallest absolute Gasteiger partial charge is 0.265 e. The fourth-order valence-electron chi connectivity index (χ4n) is 4.60. The molecule has 1 aromatic carbocycles. The summed E-state index contributed by atoms with van der Waals surface area (Å²) in [5, 5.41) is 0.596. The second-order valence-corrected chi connectivity index (χ2v) is 9.05. The SMILES string of the molecule is Cc1nc2ccc(OC(=S)N3C[C@H]4C[C@H]3CC(C)(C)[C@@H]4C)cc2nc1C. The Bertz CT molecular complexity index is 879. The van der Waals surface area contributed by atoms with E-state index in [4.69, 9.17) is 17.0 Å². The van der Waals surface area contributed by atoms with E-state index in [2.05, 4.69) is 35.6 Å². The minimum atomic E-state index is 0.367. The van der Waals surface area contributed by atoms with Crippen molar-refractivity contribution in [3.05, 3.63) is 29.6 Å². The van der Waals surface area contributed by atoms with E-state index in [-0.39, 0.29) is 0 Å². The standard InChI is InChI=1S/C21H27N3OS/c1-12-15-8-16(10-21(12,4)5)24(11-15)20(26)25-17-6-7-18-19(9-17)23-14(3)13(2)22-18/h6-7,9,12,15-16H,8,10-11H2,1-5H3/t12-,15-,16+/m1/s1. The molecule has 4 nitrogen and oxygen atoms in total. The van der Waals surface area contributed by atoms with Crippen LogP contribution in [0.25, 0.3) is 11.0 Å². The third-order valence-electron chi connectivity index (χ3n) is 6.63. The van der Waals surface area contributed by atoms with Crippen molar-refractivity contribution >= 4 is 28.4 Å². The molecule has 4 rings (SSSR count). The van der Waals surface area contributed by atoms with Crippen LogP contribution in [0, 0.1) is 31.1 Å². The van der Waals surface area contributed by atoms with Crippen molar-refractivity contribution < 1.29 is 4.74 Å². The van der Waals surface area contributed by atoms with E-state index in [9.17, 15) is 0 Å². The first-order valence-corrected chi connectivity index (χ1v) is 9.89.